The number of aromatic nitrogens is 3. The van der Waals surface area contributed by atoms with Crippen LogP contribution in [0.1, 0.15) is 41.3 Å². The number of carbonyl (C=O) groups excluding carboxylic acids is 1. The molecule has 3 aromatic carbocycles. The van der Waals surface area contributed by atoms with Gasteiger partial charge in [0.15, 0.2) is 0 Å². The molecule has 0 aliphatic heterocycles. The van der Waals surface area contributed by atoms with Gasteiger partial charge in [0.25, 0.3) is 5.91 Å². The standard InChI is InChI=1S/C23H22N4O/c1-15(2)17-8-11-20(12-9-17)27-25-21-13-10-19(14-22(21)26-27)24-23(28)18-6-4-16(3)5-7-18/h4-15H,1-3H3,(H,24,28). The molecule has 0 aliphatic carbocycles. The van der Waals surface area contributed by atoms with E-state index >= 15 is 0 Å². The fourth-order valence-corrected chi connectivity index (χ4v) is 3.01. The molecule has 0 saturated heterocycles. The zero-order valence-corrected chi connectivity index (χ0v) is 16.2. The van der Waals surface area contributed by atoms with Crippen molar-refractivity contribution in [1.82, 2.24) is 15.0 Å². The molecule has 5 nitrogen and oxygen atoms in total. The van der Waals surface area contributed by atoms with E-state index in [1.807, 2.05) is 61.5 Å². The second-order valence-corrected chi connectivity index (χ2v) is 7.26. The number of hydrogen-bond acceptors (Lipinski definition) is 3. The molecule has 5 heteroatoms. The quantitative estimate of drug-likeness (QED) is 0.543. The molecular formula is C23H22N4O. The van der Waals surface area contributed by atoms with Gasteiger partial charge >= 0.3 is 0 Å². The SMILES string of the molecule is Cc1ccc(C(=O)Nc2ccc3nn(-c4ccc(C(C)C)cc4)nc3c2)cc1. The van der Waals surface area contributed by atoms with Crippen molar-refractivity contribution in [2.45, 2.75) is 26.7 Å². The van der Waals surface area contributed by atoms with Gasteiger partial charge < -0.3 is 5.32 Å². The number of rotatable bonds is 4. The number of benzene rings is 3. The predicted octanol–water partition coefficient (Wildman–Crippen LogP) is 5.10. The smallest absolute Gasteiger partial charge is 0.255 e. The van der Waals surface area contributed by atoms with Crippen molar-refractivity contribution in [3.05, 3.63) is 83.4 Å². The van der Waals surface area contributed by atoms with E-state index in [0.717, 1.165) is 22.3 Å². The van der Waals surface area contributed by atoms with E-state index in [4.69, 9.17) is 0 Å². The Bertz CT molecular complexity index is 1130. The average Bonchev–Trinajstić information content (AvgIpc) is 3.12. The minimum Gasteiger partial charge on any atom is -0.322 e. The third-order valence-corrected chi connectivity index (χ3v) is 4.74. The molecule has 4 aromatic rings. The van der Waals surface area contributed by atoms with Crippen LogP contribution in [0.15, 0.2) is 66.7 Å². The molecule has 1 aromatic heterocycles. The molecule has 4 rings (SSSR count). The van der Waals surface area contributed by atoms with Crippen molar-refractivity contribution in [2.75, 3.05) is 5.32 Å². The van der Waals surface area contributed by atoms with Crippen LogP contribution in [0.25, 0.3) is 16.7 Å². The lowest BCUT2D eigenvalue weighted by atomic mass is 10.0. The summed E-state index contributed by atoms with van der Waals surface area (Å²) < 4.78 is 0. The van der Waals surface area contributed by atoms with Crippen LogP contribution in [0.4, 0.5) is 5.69 Å². The highest BCUT2D eigenvalue weighted by molar-refractivity contribution is 6.04. The van der Waals surface area contributed by atoms with Crippen molar-refractivity contribution in [1.29, 1.82) is 0 Å². The molecule has 1 heterocycles. The molecule has 0 radical (unpaired) electrons. The van der Waals surface area contributed by atoms with Crippen molar-refractivity contribution < 1.29 is 4.79 Å². The van der Waals surface area contributed by atoms with Gasteiger partial charge in [-0.05, 0) is 60.9 Å². The van der Waals surface area contributed by atoms with Gasteiger partial charge in [-0.1, -0.05) is 43.7 Å². The summed E-state index contributed by atoms with van der Waals surface area (Å²) in [7, 11) is 0. The number of anilines is 1. The Kier molecular flexibility index (Phi) is 4.65. The molecule has 1 amide bonds. The Morgan fingerprint density at radius 2 is 1.57 bits per heavy atom. The fourth-order valence-electron chi connectivity index (χ4n) is 3.01. The summed E-state index contributed by atoms with van der Waals surface area (Å²) in [6.07, 6.45) is 0. The van der Waals surface area contributed by atoms with Gasteiger partial charge in [-0.15, -0.1) is 10.2 Å². The summed E-state index contributed by atoms with van der Waals surface area (Å²) in [6.45, 7) is 6.33. The molecule has 140 valence electrons. The Morgan fingerprint density at radius 1 is 0.893 bits per heavy atom. The molecule has 0 unspecified atom stereocenters. The average molecular weight is 370 g/mol. The van der Waals surface area contributed by atoms with Gasteiger partial charge in [0, 0.05) is 11.3 Å². The first-order valence-corrected chi connectivity index (χ1v) is 9.35. The molecular weight excluding hydrogens is 348 g/mol. The van der Waals surface area contributed by atoms with Crippen LogP contribution in [0.3, 0.4) is 0 Å². The summed E-state index contributed by atoms with van der Waals surface area (Å²) in [4.78, 5) is 14.0. The monoisotopic (exact) mass is 370 g/mol. The van der Waals surface area contributed by atoms with E-state index in [9.17, 15) is 4.79 Å². The lowest BCUT2D eigenvalue weighted by Crippen LogP contribution is -2.11. The molecule has 28 heavy (non-hydrogen) atoms. The third-order valence-electron chi connectivity index (χ3n) is 4.74. The van der Waals surface area contributed by atoms with Gasteiger partial charge in [-0.25, -0.2) is 0 Å². The lowest BCUT2D eigenvalue weighted by molar-refractivity contribution is 0.102. The van der Waals surface area contributed by atoms with E-state index in [0.29, 0.717) is 17.2 Å². The summed E-state index contributed by atoms with van der Waals surface area (Å²) in [6, 6.07) is 21.3. The van der Waals surface area contributed by atoms with Crippen molar-refractivity contribution in [2.24, 2.45) is 0 Å². The second kappa shape index (κ2) is 7.27. The second-order valence-electron chi connectivity index (χ2n) is 7.26. The van der Waals surface area contributed by atoms with Crippen molar-refractivity contribution in [3.63, 3.8) is 0 Å². The van der Waals surface area contributed by atoms with Crippen LogP contribution in [0, 0.1) is 6.92 Å². The van der Waals surface area contributed by atoms with Gasteiger partial charge in [-0.2, -0.15) is 4.80 Å². The normalized spacial score (nSPS) is 11.1. The first kappa shape index (κ1) is 17.9. The van der Waals surface area contributed by atoms with E-state index in [-0.39, 0.29) is 5.91 Å². The number of amides is 1. The van der Waals surface area contributed by atoms with Gasteiger partial charge in [-0.3, -0.25) is 4.79 Å². The van der Waals surface area contributed by atoms with Crippen molar-refractivity contribution in [3.8, 4) is 5.69 Å². The third kappa shape index (κ3) is 3.64. The van der Waals surface area contributed by atoms with Crippen LogP contribution < -0.4 is 5.32 Å². The molecule has 0 aliphatic rings. The topological polar surface area (TPSA) is 59.8 Å². The lowest BCUT2D eigenvalue weighted by Gasteiger charge is -2.05. The van der Waals surface area contributed by atoms with Crippen LogP contribution in [-0.2, 0) is 0 Å². The maximum absolute atomic E-state index is 12.4. The van der Waals surface area contributed by atoms with Crippen LogP contribution in [0.5, 0.6) is 0 Å². The van der Waals surface area contributed by atoms with Crippen molar-refractivity contribution >= 4 is 22.6 Å². The molecule has 0 fully saturated rings. The number of nitrogens with zero attached hydrogens (tertiary/aromatic N) is 3. The molecule has 0 bridgehead atoms. The highest BCUT2D eigenvalue weighted by Crippen LogP contribution is 2.20. The van der Waals surface area contributed by atoms with Gasteiger partial charge in [0.2, 0.25) is 0 Å². The van der Waals surface area contributed by atoms with Gasteiger partial charge in [0.05, 0.1) is 5.69 Å². The molecule has 0 atom stereocenters. The van der Waals surface area contributed by atoms with E-state index in [1.54, 1.807) is 4.80 Å². The molecule has 1 N–H and O–H groups in total. The number of carbonyl (C=O) groups is 1. The summed E-state index contributed by atoms with van der Waals surface area (Å²) >= 11 is 0. The zero-order valence-electron chi connectivity index (χ0n) is 16.2. The molecule has 0 spiro atoms. The Balaban J connectivity index is 1.57. The fraction of sp³-hybridized carbons (Fsp3) is 0.174. The highest BCUT2D eigenvalue weighted by atomic mass is 16.1. The first-order chi connectivity index (χ1) is 13.5. The number of hydrogen-bond donors (Lipinski definition) is 1. The Labute approximate surface area is 164 Å². The predicted molar refractivity (Wildman–Crippen MR) is 112 cm³/mol. The minimum absolute atomic E-state index is 0.143. The first-order valence-electron chi connectivity index (χ1n) is 9.35. The van der Waals surface area contributed by atoms with Crippen LogP contribution in [-0.4, -0.2) is 20.9 Å². The summed E-state index contributed by atoms with van der Waals surface area (Å²) in [5.74, 6) is 0.342. The molecule has 0 saturated carbocycles. The maximum atomic E-state index is 12.4. The van der Waals surface area contributed by atoms with E-state index < -0.39 is 0 Å². The summed E-state index contributed by atoms with van der Waals surface area (Å²) in [5.41, 5.74) is 6.14. The Hall–Kier alpha value is -3.47. The van der Waals surface area contributed by atoms with Crippen LogP contribution in [0.2, 0.25) is 0 Å². The minimum atomic E-state index is -0.143. The van der Waals surface area contributed by atoms with Crippen LogP contribution >= 0.6 is 0 Å². The Morgan fingerprint density at radius 3 is 2.25 bits per heavy atom. The van der Waals surface area contributed by atoms with E-state index in [2.05, 4.69) is 41.5 Å². The highest BCUT2D eigenvalue weighted by Gasteiger charge is 2.09. The van der Waals surface area contributed by atoms with Gasteiger partial charge in [0.1, 0.15) is 11.0 Å². The number of aryl methyl sites for hydroxylation is 1. The maximum Gasteiger partial charge on any atom is 0.255 e. The van der Waals surface area contributed by atoms with E-state index in [1.165, 1.54) is 5.56 Å². The largest absolute Gasteiger partial charge is 0.322 e. The summed E-state index contributed by atoms with van der Waals surface area (Å²) in [5, 5.41) is 12.0. The zero-order chi connectivity index (χ0) is 19.7. The number of nitrogens with one attached hydrogen (secondary N) is 1. The number of fused-ring (bicyclic) bond motifs is 1.